The number of alkyl halides is 3. The van der Waals surface area contributed by atoms with Gasteiger partial charge in [0.15, 0.2) is 0 Å². The van der Waals surface area contributed by atoms with Crippen LogP contribution in [0.25, 0.3) is 0 Å². The van der Waals surface area contributed by atoms with Crippen LogP contribution >= 0.6 is 0 Å². The lowest BCUT2D eigenvalue weighted by atomic mass is 9.93. The van der Waals surface area contributed by atoms with Crippen LogP contribution < -0.4 is 4.90 Å². The van der Waals surface area contributed by atoms with Crippen LogP contribution in [0.3, 0.4) is 0 Å². The number of allylic oxidation sites excluding steroid dienone is 2. The first-order chi connectivity index (χ1) is 14.3. The fourth-order valence-electron chi connectivity index (χ4n) is 3.93. The Hall–Kier alpha value is -3.04. The summed E-state index contributed by atoms with van der Waals surface area (Å²) in [5.74, 6) is 4.60. The third-order valence-electron chi connectivity index (χ3n) is 5.43. The number of rotatable bonds is 2. The van der Waals surface area contributed by atoms with Crippen LogP contribution in [0.2, 0.25) is 0 Å². The van der Waals surface area contributed by atoms with Gasteiger partial charge >= 0.3 is 6.18 Å². The minimum atomic E-state index is -4.68. The number of aliphatic hydroxyl groups is 1. The number of nitrogens with zero attached hydrogens (tertiary/aromatic N) is 1. The van der Waals surface area contributed by atoms with Crippen molar-refractivity contribution >= 4 is 11.6 Å². The van der Waals surface area contributed by atoms with Gasteiger partial charge in [-0.3, -0.25) is 4.79 Å². The van der Waals surface area contributed by atoms with Crippen molar-refractivity contribution in [3.05, 3.63) is 76.9 Å². The van der Waals surface area contributed by atoms with E-state index in [0.29, 0.717) is 5.56 Å². The lowest BCUT2D eigenvalue weighted by Crippen LogP contribution is -2.39. The van der Waals surface area contributed by atoms with Crippen LogP contribution in [-0.4, -0.2) is 11.0 Å². The number of hydrogen-bond acceptors (Lipinski definition) is 2. The minimum absolute atomic E-state index is 0.0908. The van der Waals surface area contributed by atoms with E-state index >= 15 is 0 Å². The third kappa shape index (κ3) is 3.61. The summed E-state index contributed by atoms with van der Waals surface area (Å²) < 4.78 is 41.2. The second-order valence-corrected chi connectivity index (χ2v) is 7.51. The molecule has 0 fully saturated rings. The highest BCUT2D eigenvalue weighted by atomic mass is 19.4. The average molecular weight is 411 g/mol. The number of fused-ring (bicyclic) bond motifs is 1. The standard InChI is InChI=1S/C24H20F3NO2/c25-24(26,27)20-13-7-12-19-21(20)28(16-18-10-5-2-6-11-18)22(29)23(19,30)15-14-17-8-3-1-4-9-17/h2,5-8,10-13,30H,1,3-4,9,16H2/t23-/m0/s1. The molecule has 0 aromatic heterocycles. The van der Waals surface area contributed by atoms with E-state index < -0.39 is 23.2 Å². The summed E-state index contributed by atoms with van der Waals surface area (Å²) >= 11 is 0. The number of anilines is 1. The van der Waals surface area contributed by atoms with Crippen LogP contribution in [0.1, 0.15) is 42.4 Å². The van der Waals surface area contributed by atoms with Crippen LogP contribution in [0, 0.1) is 11.8 Å². The first-order valence-corrected chi connectivity index (χ1v) is 9.82. The molecule has 154 valence electrons. The van der Waals surface area contributed by atoms with E-state index in [4.69, 9.17) is 0 Å². The van der Waals surface area contributed by atoms with E-state index in [1.54, 1.807) is 30.3 Å². The topological polar surface area (TPSA) is 40.5 Å². The average Bonchev–Trinajstić information content (AvgIpc) is 2.95. The Morgan fingerprint density at radius 3 is 2.50 bits per heavy atom. The zero-order valence-corrected chi connectivity index (χ0v) is 16.2. The smallest absolute Gasteiger partial charge is 0.366 e. The fourth-order valence-corrected chi connectivity index (χ4v) is 3.93. The lowest BCUT2D eigenvalue weighted by molar-refractivity contribution is -0.137. The Kier molecular flexibility index (Phi) is 5.17. The van der Waals surface area contributed by atoms with Crippen LogP contribution in [-0.2, 0) is 23.1 Å². The highest BCUT2D eigenvalue weighted by molar-refractivity contribution is 6.09. The van der Waals surface area contributed by atoms with Gasteiger partial charge in [-0.05, 0) is 48.8 Å². The molecule has 4 rings (SSSR count). The Morgan fingerprint density at radius 1 is 1.07 bits per heavy atom. The predicted molar refractivity (Wildman–Crippen MR) is 107 cm³/mol. The Labute approximate surface area is 172 Å². The number of para-hydroxylation sites is 1. The summed E-state index contributed by atoms with van der Waals surface area (Å²) in [6, 6.07) is 12.2. The number of hydrogen-bond donors (Lipinski definition) is 1. The molecule has 1 atom stereocenters. The summed E-state index contributed by atoms with van der Waals surface area (Å²) in [5, 5.41) is 11.2. The molecule has 1 aliphatic heterocycles. The second-order valence-electron chi connectivity index (χ2n) is 7.51. The number of carbonyl (C=O) groups excluding carboxylic acids is 1. The molecule has 0 bridgehead atoms. The third-order valence-corrected chi connectivity index (χ3v) is 5.43. The monoisotopic (exact) mass is 411 g/mol. The summed E-state index contributed by atoms with van der Waals surface area (Å²) in [4.78, 5) is 14.2. The molecule has 0 spiro atoms. The van der Waals surface area contributed by atoms with Crippen molar-refractivity contribution in [2.75, 3.05) is 4.90 Å². The van der Waals surface area contributed by atoms with E-state index in [0.717, 1.165) is 42.2 Å². The maximum absolute atomic E-state index is 13.7. The normalized spacial score (nSPS) is 21.0. The Morgan fingerprint density at radius 2 is 1.83 bits per heavy atom. The van der Waals surface area contributed by atoms with Crippen LogP contribution in [0.5, 0.6) is 0 Å². The fraction of sp³-hybridized carbons (Fsp3) is 0.292. The number of carbonyl (C=O) groups is 1. The van der Waals surface area contributed by atoms with E-state index in [2.05, 4.69) is 11.8 Å². The van der Waals surface area contributed by atoms with Gasteiger partial charge in [-0.2, -0.15) is 13.2 Å². The summed E-state index contributed by atoms with van der Waals surface area (Å²) in [6.45, 7) is -0.0908. The van der Waals surface area contributed by atoms with E-state index in [9.17, 15) is 23.1 Å². The SMILES string of the molecule is O=C1N(Cc2ccccc2)c2c(C(F)(F)F)cccc2[C@@]1(O)C#CC1=CCCCC1. The van der Waals surface area contributed by atoms with Crippen LogP contribution in [0.4, 0.5) is 18.9 Å². The van der Waals surface area contributed by atoms with Gasteiger partial charge in [-0.15, -0.1) is 0 Å². The molecule has 0 saturated carbocycles. The van der Waals surface area contributed by atoms with Crippen molar-refractivity contribution in [3.8, 4) is 11.8 Å². The molecule has 6 heteroatoms. The molecule has 1 amide bonds. The largest absolute Gasteiger partial charge is 0.418 e. The highest BCUT2D eigenvalue weighted by Gasteiger charge is 2.52. The molecular formula is C24H20F3NO2. The number of amides is 1. The number of halogens is 3. The van der Waals surface area contributed by atoms with Crippen molar-refractivity contribution < 1.29 is 23.1 Å². The first kappa shape index (κ1) is 20.2. The molecule has 1 heterocycles. The summed E-state index contributed by atoms with van der Waals surface area (Å²) in [7, 11) is 0. The maximum atomic E-state index is 13.7. The highest BCUT2D eigenvalue weighted by Crippen LogP contribution is 2.47. The van der Waals surface area contributed by atoms with Crippen molar-refractivity contribution in [2.45, 2.75) is 44.0 Å². The molecule has 0 radical (unpaired) electrons. The minimum Gasteiger partial charge on any atom is -0.366 e. The van der Waals surface area contributed by atoms with Gasteiger partial charge in [0.1, 0.15) is 0 Å². The molecule has 2 aliphatic rings. The quantitative estimate of drug-likeness (QED) is 0.711. The van der Waals surface area contributed by atoms with Crippen molar-refractivity contribution in [1.29, 1.82) is 0 Å². The van der Waals surface area contributed by atoms with Crippen molar-refractivity contribution in [1.82, 2.24) is 0 Å². The summed E-state index contributed by atoms with van der Waals surface area (Å²) in [6.07, 6.45) is 0.893. The first-order valence-electron chi connectivity index (χ1n) is 9.82. The molecule has 2 aromatic carbocycles. The number of benzene rings is 2. The van der Waals surface area contributed by atoms with E-state index in [1.807, 2.05) is 6.08 Å². The van der Waals surface area contributed by atoms with Crippen molar-refractivity contribution in [3.63, 3.8) is 0 Å². The molecule has 2 aromatic rings. The molecule has 1 N–H and O–H groups in total. The van der Waals surface area contributed by atoms with Gasteiger partial charge in [-0.25, -0.2) is 0 Å². The van der Waals surface area contributed by atoms with Gasteiger partial charge in [0.05, 0.1) is 17.8 Å². The van der Waals surface area contributed by atoms with Gasteiger partial charge in [0, 0.05) is 5.56 Å². The zero-order valence-electron chi connectivity index (χ0n) is 16.2. The van der Waals surface area contributed by atoms with E-state index in [1.165, 1.54) is 12.1 Å². The molecular weight excluding hydrogens is 391 g/mol. The molecule has 1 aliphatic carbocycles. The molecule has 0 unspecified atom stereocenters. The molecule has 3 nitrogen and oxygen atoms in total. The zero-order chi connectivity index (χ0) is 21.4. The van der Waals surface area contributed by atoms with Gasteiger partial charge < -0.3 is 10.0 Å². The maximum Gasteiger partial charge on any atom is 0.418 e. The van der Waals surface area contributed by atoms with Gasteiger partial charge in [-0.1, -0.05) is 54.5 Å². The van der Waals surface area contributed by atoms with E-state index in [-0.39, 0.29) is 17.8 Å². The van der Waals surface area contributed by atoms with Gasteiger partial charge in [0.25, 0.3) is 5.91 Å². The second kappa shape index (κ2) is 7.66. The molecule has 30 heavy (non-hydrogen) atoms. The Bertz CT molecular complexity index is 1060. The van der Waals surface area contributed by atoms with Gasteiger partial charge in [0.2, 0.25) is 5.60 Å². The molecule has 0 saturated heterocycles. The van der Waals surface area contributed by atoms with Crippen LogP contribution in [0.15, 0.2) is 60.2 Å². The van der Waals surface area contributed by atoms with Crippen molar-refractivity contribution in [2.24, 2.45) is 0 Å². The Balaban J connectivity index is 1.84. The predicted octanol–water partition coefficient (Wildman–Crippen LogP) is 4.94. The lowest BCUT2D eigenvalue weighted by Gasteiger charge is -2.21. The summed E-state index contributed by atoms with van der Waals surface area (Å²) in [5.41, 5.74) is -2.27.